The van der Waals surface area contributed by atoms with Crippen LogP contribution in [-0.2, 0) is 0 Å². The summed E-state index contributed by atoms with van der Waals surface area (Å²) < 4.78 is 0.567. The van der Waals surface area contributed by atoms with E-state index in [-0.39, 0.29) is 21.4 Å². The van der Waals surface area contributed by atoms with E-state index in [0.29, 0.717) is 33.9 Å². The average Bonchev–Trinajstić information content (AvgIpc) is 2.95. The van der Waals surface area contributed by atoms with Gasteiger partial charge in [0, 0.05) is 23.8 Å². The van der Waals surface area contributed by atoms with Crippen LogP contribution in [0.5, 0.6) is 0 Å². The predicted octanol–water partition coefficient (Wildman–Crippen LogP) is 6.43. The van der Waals surface area contributed by atoms with Gasteiger partial charge in [-0.15, -0.1) is 0 Å². The van der Waals surface area contributed by atoms with Crippen molar-refractivity contribution in [1.82, 2.24) is 19.9 Å². The lowest BCUT2D eigenvalue weighted by atomic mass is 10.1. The first-order chi connectivity index (χ1) is 18.5. The van der Waals surface area contributed by atoms with Crippen LogP contribution in [0.2, 0.25) is 0 Å². The first-order valence-electron chi connectivity index (χ1n) is 11.5. The molecule has 8 nitrogen and oxygen atoms in total. The molecular formula is C28H20N6O2S2. The fourth-order valence-electron chi connectivity index (χ4n) is 3.83. The summed E-state index contributed by atoms with van der Waals surface area (Å²) in [7, 11) is 0. The molecule has 0 aliphatic heterocycles. The van der Waals surface area contributed by atoms with Gasteiger partial charge in [-0.2, -0.15) is 0 Å². The Morgan fingerprint density at radius 1 is 0.579 bits per heavy atom. The number of nitrogens with zero attached hydrogens (tertiary/aromatic N) is 2. The van der Waals surface area contributed by atoms with Crippen molar-refractivity contribution in [2.45, 2.75) is 0 Å². The number of amides is 2. The fraction of sp³-hybridized carbons (Fsp3) is 0. The van der Waals surface area contributed by atoms with Crippen molar-refractivity contribution in [3.05, 3.63) is 118 Å². The predicted molar refractivity (Wildman–Crippen MR) is 152 cm³/mol. The van der Waals surface area contributed by atoms with Crippen LogP contribution < -0.4 is 10.6 Å². The van der Waals surface area contributed by atoms with Gasteiger partial charge in [-0.3, -0.25) is 9.59 Å². The monoisotopic (exact) mass is 536 g/mol. The van der Waals surface area contributed by atoms with Crippen molar-refractivity contribution in [3.63, 3.8) is 0 Å². The van der Waals surface area contributed by atoms with E-state index >= 15 is 0 Å². The number of aromatic amines is 2. The molecule has 10 heteroatoms. The molecule has 186 valence electrons. The molecule has 2 heterocycles. The molecule has 38 heavy (non-hydrogen) atoms. The molecule has 0 bridgehead atoms. The average molecular weight is 537 g/mol. The van der Waals surface area contributed by atoms with Crippen LogP contribution in [0.4, 0.5) is 11.4 Å². The number of anilines is 2. The molecule has 0 unspecified atom stereocenters. The maximum absolute atomic E-state index is 13.1. The molecule has 3 aromatic carbocycles. The van der Waals surface area contributed by atoms with Crippen LogP contribution in [0.15, 0.2) is 97.3 Å². The van der Waals surface area contributed by atoms with Crippen molar-refractivity contribution in [1.29, 1.82) is 0 Å². The lowest BCUT2D eigenvalue weighted by Gasteiger charge is -2.12. The minimum absolute atomic E-state index is 0.283. The Kier molecular flexibility index (Phi) is 7.25. The number of hydrogen-bond donors (Lipinski definition) is 4. The van der Waals surface area contributed by atoms with Gasteiger partial charge in [0.15, 0.2) is 9.54 Å². The van der Waals surface area contributed by atoms with Crippen molar-refractivity contribution in [2.75, 3.05) is 10.6 Å². The molecule has 0 atom stereocenters. The minimum Gasteiger partial charge on any atom is -0.330 e. The SMILES string of the molecule is O=C(Nc1ccc(NC(=O)c2cnc(=S)[nH]c2-c2ccccc2)cc1)c1cnc(=S)[nH]c1-c1ccccc1. The highest BCUT2D eigenvalue weighted by Crippen LogP contribution is 2.24. The quantitative estimate of drug-likeness (QED) is 0.186. The molecule has 0 spiro atoms. The van der Waals surface area contributed by atoms with Crippen molar-refractivity contribution in [2.24, 2.45) is 0 Å². The van der Waals surface area contributed by atoms with E-state index in [4.69, 9.17) is 24.4 Å². The maximum Gasteiger partial charge on any atom is 0.259 e. The van der Waals surface area contributed by atoms with Gasteiger partial charge in [0.2, 0.25) is 0 Å². The lowest BCUT2D eigenvalue weighted by molar-refractivity contribution is 0.101. The third kappa shape index (κ3) is 5.61. The summed E-state index contributed by atoms with van der Waals surface area (Å²) in [6, 6.07) is 25.6. The molecule has 4 N–H and O–H groups in total. The van der Waals surface area contributed by atoms with Gasteiger partial charge in [0.05, 0.1) is 22.5 Å². The first-order valence-corrected chi connectivity index (χ1v) is 12.3. The summed E-state index contributed by atoms with van der Waals surface area (Å²) in [6.07, 6.45) is 2.91. The van der Waals surface area contributed by atoms with Gasteiger partial charge in [0.25, 0.3) is 11.8 Å². The van der Waals surface area contributed by atoms with Crippen molar-refractivity contribution in [3.8, 4) is 22.5 Å². The van der Waals surface area contributed by atoms with Crippen molar-refractivity contribution >= 4 is 47.6 Å². The second kappa shape index (κ2) is 11.1. The normalized spacial score (nSPS) is 10.5. The van der Waals surface area contributed by atoms with Gasteiger partial charge >= 0.3 is 0 Å². The molecule has 0 radical (unpaired) electrons. The highest BCUT2D eigenvalue weighted by Gasteiger charge is 2.16. The summed E-state index contributed by atoms with van der Waals surface area (Å²) in [4.78, 5) is 40.3. The van der Waals surface area contributed by atoms with Crippen LogP contribution in [0.3, 0.4) is 0 Å². The number of rotatable bonds is 6. The van der Waals surface area contributed by atoms with E-state index in [9.17, 15) is 9.59 Å². The molecule has 0 aliphatic carbocycles. The largest absolute Gasteiger partial charge is 0.330 e. The van der Waals surface area contributed by atoms with Crippen LogP contribution in [0, 0.1) is 9.54 Å². The summed E-state index contributed by atoms with van der Waals surface area (Å²) in [5, 5.41) is 5.73. The zero-order valence-corrected chi connectivity index (χ0v) is 21.4. The lowest BCUT2D eigenvalue weighted by Crippen LogP contribution is -2.16. The highest BCUT2D eigenvalue weighted by atomic mass is 32.1. The number of aromatic nitrogens is 4. The number of carbonyl (C=O) groups excluding carboxylic acids is 2. The van der Waals surface area contributed by atoms with Gasteiger partial charge in [-0.05, 0) is 59.8 Å². The molecule has 0 aliphatic rings. The Hall–Kier alpha value is -4.80. The Balaban J connectivity index is 1.33. The molecular weight excluding hydrogens is 516 g/mol. The van der Waals surface area contributed by atoms with Gasteiger partial charge in [0.1, 0.15) is 0 Å². The van der Waals surface area contributed by atoms with Gasteiger partial charge in [-0.25, -0.2) is 9.97 Å². The fourth-order valence-corrected chi connectivity index (χ4v) is 4.14. The topological polar surface area (TPSA) is 116 Å². The minimum atomic E-state index is -0.350. The number of carbonyl (C=O) groups is 2. The van der Waals surface area contributed by atoms with E-state index in [2.05, 4.69) is 30.6 Å². The Morgan fingerprint density at radius 2 is 0.947 bits per heavy atom. The molecule has 5 aromatic rings. The molecule has 0 fully saturated rings. The van der Waals surface area contributed by atoms with E-state index in [1.165, 1.54) is 12.4 Å². The van der Waals surface area contributed by atoms with E-state index in [1.807, 2.05) is 60.7 Å². The van der Waals surface area contributed by atoms with Crippen LogP contribution in [0.25, 0.3) is 22.5 Å². The molecule has 0 saturated carbocycles. The highest BCUT2D eigenvalue weighted by molar-refractivity contribution is 7.71. The van der Waals surface area contributed by atoms with Crippen molar-refractivity contribution < 1.29 is 9.59 Å². The molecule has 2 amide bonds. The Morgan fingerprint density at radius 3 is 1.32 bits per heavy atom. The third-order valence-electron chi connectivity index (χ3n) is 5.64. The summed E-state index contributed by atoms with van der Waals surface area (Å²) >= 11 is 10.3. The third-order valence-corrected chi connectivity index (χ3v) is 6.05. The summed E-state index contributed by atoms with van der Waals surface area (Å²) in [6.45, 7) is 0. The zero-order valence-electron chi connectivity index (χ0n) is 19.8. The number of hydrogen-bond acceptors (Lipinski definition) is 6. The van der Waals surface area contributed by atoms with Gasteiger partial charge < -0.3 is 20.6 Å². The Bertz CT molecular complexity index is 1600. The van der Waals surface area contributed by atoms with E-state index in [1.54, 1.807) is 24.3 Å². The van der Waals surface area contributed by atoms with E-state index < -0.39 is 0 Å². The number of nitrogens with one attached hydrogen (secondary N) is 4. The second-order valence-electron chi connectivity index (χ2n) is 8.17. The Labute approximate surface area is 227 Å². The van der Waals surface area contributed by atoms with Crippen LogP contribution >= 0.6 is 24.4 Å². The second-order valence-corrected chi connectivity index (χ2v) is 8.95. The summed E-state index contributed by atoms with van der Waals surface area (Å²) in [5.74, 6) is -0.699. The van der Waals surface area contributed by atoms with Gasteiger partial charge in [-0.1, -0.05) is 60.7 Å². The summed E-state index contributed by atoms with van der Waals surface area (Å²) in [5.41, 5.74) is 4.59. The smallest absolute Gasteiger partial charge is 0.259 e. The van der Waals surface area contributed by atoms with Crippen LogP contribution in [-0.4, -0.2) is 31.8 Å². The van der Waals surface area contributed by atoms with E-state index in [0.717, 1.165) is 11.1 Å². The maximum atomic E-state index is 13.1. The molecule has 0 saturated heterocycles. The molecule has 5 rings (SSSR count). The van der Waals surface area contributed by atoms with Crippen LogP contribution in [0.1, 0.15) is 20.7 Å². The standard InChI is InChI=1S/C28H20N6O2S2/c35-25(21-15-29-27(37)33-23(21)17-7-3-1-4-8-17)31-19-11-13-20(14-12-19)32-26(36)22-16-30-28(38)34-24(22)18-9-5-2-6-10-18/h1-16H,(H,31,35)(H,32,36)(H,29,33,37)(H,30,34,38). The first kappa shape index (κ1) is 24.9. The zero-order chi connectivity index (χ0) is 26.5. The number of benzene rings is 3. The number of H-pyrrole nitrogens is 2. The molecule has 2 aromatic heterocycles.